The Balaban J connectivity index is 0.00000242. The number of nitrogens with one attached hydrogen (secondary N) is 1. The number of aliphatic hydroxyl groups is 1. The van der Waals surface area contributed by atoms with Crippen molar-refractivity contribution >= 4 is 12.4 Å². The number of rotatable bonds is 4. The lowest BCUT2D eigenvalue weighted by Crippen LogP contribution is -2.42. The topological polar surface area (TPSA) is 41.5 Å². The Morgan fingerprint density at radius 3 is 3.11 bits per heavy atom. The van der Waals surface area contributed by atoms with Crippen LogP contribution in [0.3, 0.4) is 0 Å². The maximum Gasteiger partial charge on any atom is 0.119 e. The second-order valence-electron chi connectivity index (χ2n) is 5.05. The average Bonchev–Trinajstić information content (AvgIpc) is 2.40. The van der Waals surface area contributed by atoms with Gasteiger partial charge in [-0.1, -0.05) is 25.0 Å². The van der Waals surface area contributed by atoms with Gasteiger partial charge in [0.05, 0.1) is 16.8 Å². The molecule has 0 bridgehead atoms. The van der Waals surface area contributed by atoms with Crippen molar-refractivity contribution in [3.05, 3.63) is 29.8 Å². The monoisotopic (exact) mass is 288 g/mol. The molecule has 3 nitrogen and oxygen atoms in total. The highest BCUT2D eigenvalue weighted by atomic mass is 35.5. The predicted octanol–water partition coefficient (Wildman–Crippen LogP) is 2.71. The van der Waals surface area contributed by atoms with Gasteiger partial charge in [0, 0.05) is 12.5 Å². The molecule has 4 heteroatoms. The molecule has 0 saturated heterocycles. The number of hydrogen-bond donors (Lipinski definition) is 2. The van der Waals surface area contributed by atoms with E-state index in [-0.39, 0.29) is 24.1 Å². The van der Waals surface area contributed by atoms with Crippen LogP contribution in [0, 0.1) is 5.92 Å². The molecule has 1 fully saturated rings. The molecule has 2 atom stereocenters. The van der Waals surface area contributed by atoms with E-state index in [2.05, 4.69) is 5.32 Å². The lowest BCUT2D eigenvalue weighted by atomic mass is 9.71. The molecule has 0 aliphatic heterocycles. The summed E-state index contributed by atoms with van der Waals surface area (Å²) in [5.74, 6) is 0.397. The number of hydrogen-bond acceptors (Lipinski definition) is 3. The molecule has 2 N–H and O–H groups in total. The molecule has 0 spiro atoms. The molecule has 0 unspecified atom stereocenters. The van der Waals surface area contributed by atoms with Crippen LogP contribution in [0.5, 0.6) is 5.75 Å². The Hall–Kier alpha value is -0.770. The summed E-state index contributed by atoms with van der Waals surface area (Å²) in [6.07, 6.45) is 3.74. The van der Waals surface area contributed by atoms with Crippen LogP contribution in [-0.4, -0.2) is 25.7 Å². The van der Waals surface area contributed by atoms with Gasteiger partial charge in [-0.25, -0.2) is 0 Å². The summed E-state index contributed by atoms with van der Waals surface area (Å²) in [5.41, 5.74) is -0.181. The smallest absolute Gasteiger partial charge is 0.119 e. The van der Waals surface area contributed by atoms with E-state index in [1.807, 2.05) is 13.1 Å². The van der Waals surface area contributed by atoms with Crippen molar-refractivity contribution in [1.82, 2.24) is 5.32 Å². The van der Waals surface area contributed by atoms with Crippen LogP contribution in [0.4, 0.5) is 0 Å². The van der Waals surface area contributed by atoms with Gasteiger partial charge in [-0.3, -0.25) is 0 Å². The van der Waals surface area contributed by atoms with Crippen molar-refractivity contribution in [3.63, 3.8) is 0 Å². The number of ether oxygens (including phenoxy) is 1. The number of methoxy groups -OCH3 is 1. The summed E-state index contributed by atoms with van der Waals surface area (Å²) in [7, 11) is -0.596. The zero-order chi connectivity index (χ0) is 15.5. The van der Waals surface area contributed by atoms with Crippen LogP contribution in [0.25, 0.3) is 0 Å². The second-order valence-corrected chi connectivity index (χ2v) is 5.05. The molecular weight excluding hydrogens is 262 g/mol. The first-order valence-corrected chi connectivity index (χ1v) is 6.52. The molecule has 0 aromatic heterocycles. The SMILES string of the molecule is Cl.[2H]C([2H])([2H])Oc1cccc([C@@]2(O)CCCC[C@@H]2CNC)c1. The molecule has 1 aliphatic rings. The van der Waals surface area contributed by atoms with Crippen LogP contribution in [0.15, 0.2) is 24.3 Å². The summed E-state index contributed by atoms with van der Waals surface area (Å²) >= 11 is 0. The minimum absolute atomic E-state index is 0. The normalized spacial score (nSPS) is 29.6. The van der Waals surface area contributed by atoms with Crippen molar-refractivity contribution in [1.29, 1.82) is 0 Å². The lowest BCUT2D eigenvalue weighted by molar-refractivity contribution is -0.0531. The molecule has 1 saturated carbocycles. The first kappa shape index (κ1) is 12.0. The fourth-order valence-electron chi connectivity index (χ4n) is 2.95. The van der Waals surface area contributed by atoms with Crippen molar-refractivity contribution in [2.24, 2.45) is 5.92 Å². The van der Waals surface area contributed by atoms with E-state index in [9.17, 15) is 5.11 Å². The Morgan fingerprint density at radius 2 is 2.37 bits per heavy atom. The Labute approximate surface area is 126 Å². The summed E-state index contributed by atoms with van der Waals surface area (Å²) in [6, 6.07) is 6.84. The van der Waals surface area contributed by atoms with Crippen LogP contribution in [0.1, 0.15) is 35.4 Å². The maximum absolute atomic E-state index is 11.1. The number of halogens is 1. The summed E-state index contributed by atoms with van der Waals surface area (Å²) in [6.45, 7) is 0.737. The van der Waals surface area contributed by atoms with Crippen molar-refractivity contribution in [2.45, 2.75) is 31.3 Å². The molecule has 0 amide bonds. The fraction of sp³-hybridized carbons (Fsp3) is 0.600. The predicted molar refractivity (Wildman–Crippen MR) is 80.0 cm³/mol. The number of benzene rings is 1. The average molecular weight is 289 g/mol. The fourth-order valence-corrected chi connectivity index (χ4v) is 2.95. The summed E-state index contributed by atoms with van der Waals surface area (Å²) < 4.78 is 26.5. The molecule has 1 aliphatic carbocycles. The van der Waals surface area contributed by atoms with Gasteiger partial charge < -0.3 is 15.2 Å². The van der Waals surface area contributed by atoms with E-state index in [4.69, 9.17) is 8.85 Å². The van der Waals surface area contributed by atoms with Gasteiger partial charge in [0.1, 0.15) is 5.75 Å². The van der Waals surface area contributed by atoms with Crippen LogP contribution >= 0.6 is 12.4 Å². The molecular formula is C15H24ClNO2. The molecule has 1 aromatic carbocycles. The van der Waals surface area contributed by atoms with E-state index < -0.39 is 12.6 Å². The highest BCUT2D eigenvalue weighted by molar-refractivity contribution is 5.85. The van der Waals surface area contributed by atoms with Gasteiger partial charge in [-0.2, -0.15) is 0 Å². The highest BCUT2D eigenvalue weighted by Crippen LogP contribution is 2.42. The van der Waals surface area contributed by atoms with Crippen LogP contribution in [-0.2, 0) is 5.60 Å². The van der Waals surface area contributed by atoms with Gasteiger partial charge in [-0.05, 0) is 37.6 Å². The van der Waals surface area contributed by atoms with Crippen molar-refractivity contribution < 1.29 is 14.0 Å². The van der Waals surface area contributed by atoms with E-state index in [0.717, 1.165) is 31.4 Å². The maximum atomic E-state index is 11.1. The third kappa shape index (κ3) is 3.41. The van der Waals surface area contributed by atoms with Gasteiger partial charge >= 0.3 is 0 Å². The first-order chi connectivity index (χ1) is 9.85. The zero-order valence-electron chi connectivity index (χ0n) is 14.2. The largest absolute Gasteiger partial charge is 0.497 e. The van der Waals surface area contributed by atoms with E-state index in [1.165, 1.54) is 0 Å². The zero-order valence-corrected chi connectivity index (χ0v) is 12.0. The Bertz CT molecular complexity index is 482. The second kappa shape index (κ2) is 7.13. The van der Waals surface area contributed by atoms with Gasteiger partial charge in [0.25, 0.3) is 0 Å². The summed E-state index contributed by atoms with van der Waals surface area (Å²) in [5, 5.41) is 14.3. The van der Waals surface area contributed by atoms with Gasteiger partial charge in [0.15, 0.2) is 0 Å². The van der Waals surface area contributed by atoms with E-state index in [1.54, 1.807) is 18.2 Å². The van der Waals surface area contributed by atoms with Gasteiger partial charge in [-0.15, -0.1) is 12.4 Å². The Kier molecular flexibility index (Phi) is 4.51. The van der Waals surface area contributed by atoms with E-state index >= 15 is 0 Å². The third-order valence-electron chi connectivity index (χ3n) is 3.94. The lowest BCUT2D eigenvalue weighted by Gasteiger charge is -2.40. The molecule has 0 radical (unpaired) electrons. The first-order valence-electron chi connectivity index (χ1n) is 8.02. The standard InChI is InChI=1S/C15H23NO2.ClH/c1-16-11-13-6-3-4-9-15(13,17)12-7-5-8-14(10-12)18-2;/h5,7-8,10,13,16-17H,3-4,6,9,11H2,1-2H3;1H/t13-,15+;/m1./s1/i2D3;. The molecule has 19 heavy (non-hydrogen) atoms. The van der Waals surface area contributed by atoms with Crippen molar-refractivity contribution in [2.75, 3.05) is 20.6 Å². The quantitative estimate of drug-likeness (QED) is 0.895. The molecule has 0 heterocycles. The minimum Gasteiger partial charge on any atom is -0.497 e. The Morgan fingerprint density at radius 1 is 1.53 bits per heavy atom. The molecule has 1 aromatic rings. The minimum atomic E-state index is -2.47. The van der Waals surface area contributed by atoms with Gasteiger partial charge in [0.2, 0.25) is 0 Å². The van der Waals surface area contributed by atoms with Crippen LogP contribution in [0.2, 0.25) is 0 Å². The van der Waals surface area contributed by atoms with E-state index in [0.29, 0.717) is 6.42 Å². The molecule has 108 valence electrons. The summed E-state index contributed by atoms with van der Waals surface area (Å²) in [4.78, 5) is 0. The molecule has 2 rings (SSSR count). The van der Waals surface area contributed by atoms with Crippen molar-refractivity contribution in [3.8, 4) is 5.75 Å². The highest BCUT2D eigenvalue weighted by Gasteiger charge is 2.39. The third-order valence-corrected chi connectivity index (χ3v) is 3.94. The van der Waals surface area contributed by atoms with Crippen LogP contribution < -0.4 is 10.1 Å².